The summed E-state index contributed by atoms with van der Waals surface area (Å²) in [5, 5.41) is 0. The fourth-order valence-corrected chi connectivity index (χ4v) is 2.36. The van der Waals surface area contributed by atoms with Crippen LogP contribution in [0.15, 0.2) is 12.1 Å². The van der Waals surface area contributed by atoms with E-state index in [1.807, 2.05) is 12.1 Å². The molecule has 0 aliphatic carbocycles. The van der Waals surface area contributed by atoms with Gasteiger partial charge in [-0.05, 0) is 26.9 Å². The summed E-state index contributed by atoms with van der Waals surface area (Å²) in [4.78, 5) is 10.4. The minimum atomic E-state index is 0.251. The number of H-pyrrole nitrogens is 1. The number of imidazole rings is 1. The number of methoxy groups -OCH3 is 2. The van der Waals surface area contributed by atoms with Gasteiger partial charge >= 0.3 is 0 Å². The van der Waals surface area contributed by atoms with Gasteiger partial charge in [0.1, 0.15) is 5.82 Å². The summed E-state index contributed by atoms with van der Waals surface area (Å²) in [6.45, 7) is 5.45. The molecule has 0 aliphatic rings. The molecule has 0 amide bonds. The molecule has 1 aromatic heterocycles. The van der Waals surface area contributed by atoms with Crippen LogP contribution in [0.5, 0.6) is 11.5 Å². The number of nitrogens with zero attached hydrogens (tertiary/aromatic N) is 2. The molecule has 0 saturated carbocycles. The van der Waals surface area contributed by atoms with Gasteiger partial charge in [-0.15, -0.1) is 0 Å². The number of rotatable bonds is 7. The quantitative estimate of drug-likeness (QED) is 0.849. The lowest BCUT2D eigenvalue weighted by Crippen LogP contribution is -2.24. The Morgan fingerprint density at radius 3 is 2.52 bits per heavy atom. The number of hydrogen-bond donors (Lipinski definition) is 1. The van der Waals surface area contributed by atoms with Crippen molar-refractivity contribution in [2.45, 2.75) is 32.7 Å². The molecule has 5 nitrogen and oxygen atoms in total. The Balaban J connectivity index is 2.29. The van der Waals surface area contributed by atoms with E-state index < -0.39 is 0 Å². The van der Waals surface area contributed by atoms with Crippen LogP contribution in [0.2, 0.25) is 0 Å². The van der Waals surface area contributed by atoms with Gasteiger partial charge in [0, 0.05) is 12.1 Å². The molecular weight excluding hydrogens is 266 g/mol. The predicted octanol–water partition coefficient (Wildman–Crippen LogP) is 3.37. The van der Waals surface area contributed by atoms with E-state index in [2.05, 4.69) is 30.8 Å². The van der Waals surface area contributed by atoms with E-state index in [1.54, 1.807) is 14.2 Å². The molecule has 1 atom stereocenters. The molecule has 1 aromatic carbocycles. The molecule has 21 heavy (non-hydrogen) atoms. The van der Waals surface area contributed by atoms with Crippen LogP contribution < -0.4 is 9.47 Å². The Morgan fingerprint density at radius 1 is 1.24 bits per heavy atom. The van der Waals surface area contributed by atoms with E-state index in [4.69, 9.17) is 14.5 Å². The van der Waals surface area contributed by atoms with Crippen molar-refractivity contribution in [3.05, 3.63) is 18.0 Å². The third kappa shape index (κ3) is 3.29. The molecule has 0 aliphatic heterocycles. The smallest absolute Gasteiger partial charge is 0.163 e. The summed E-state index contributed by atoms with van der Waals surface area (Å²) in [6, 6.07) is 4.09. The van der Waals surface area contributed by atoms with Gasteiger partial charge < -0.3 is 14.5 Å². The molecule has 116 valence electrons. The van der Waals surface area contributed by atoms with Gasteiger partial charge in [0.05, 0.1) is 31.3 Å². The third-order valence-corrected chi connectivity index (χ3v) is 3.93. The van der Waals surface area contributed by atoms with Crippen molar-refractivity contribution in [1.29, 1.82) is 0 Å². The molecule has 2 aromatic rings. The van der Waals surface area contributed by atoms with Gasteiger partial charge in [-0.2, -0.15) is 0 Å². The fraction of sp³-hybridized carbons (Fsp3) is 0.562. The molecule has 1 unspecified atom stereocenters. The topological polar surface area (TPSA) is 50.4 Å². The Labute approximate surface area is 126 Å². The molecule has 5 heteroatoms. The van der Waals surface area contributed by atoms with Crippen molar-refractivity contribution in [3.63, 3.8) is 0 Å². The van der Waals surface area contributed by atoms with Crippen LogP contribution in [-0.4, -0.2) is 42.7 Å². The Morgan fingerprint density at radius 2 is 1.90 bits per heavy atom. The van der Waals surface area contributed by atoms with Crippen molar-refractivity contribution in [3.8, 4) is 11.5 Å². The van der Waals surface area contributed by atoms with E-state index in [-0.39, 0.29) is 6.04 Å². The average Bonchev–Trinajstić information content (AvgIpc) is 2.92. The molecule has 0 saturated heterocycles. The minimum absolute atomic E-state index is 0.251. The lowest BCUT2D eigenvalue weighted by Gasteiger charge is -2.22. The van der Waals surface area contributed by atoms with Crippen LogP contribution in [0.25, 0.3) is 11.0 Å². The lowest BCUT2D eigenvalue weighted by atomic mass is 10.2. The first kappa shape index (κ1) is 15.6. The number of hydrogen-bond acceptors (Lipinski definition) is 4. The zero-order valence-electron chi connectivity index (χ0n) is 13.6. The molecule has 2 rings (SSSR count). The highest BCUT2D eigenvalue weighted by Crippen LogP contribution is 2.32. The van der Waals surface area contributed by atoms with E-state index in [1.165, 1.54) is 12.8 Å². The van der Waals surface area contributed by atoms with Gasteiger partial charge in [0.25, 0.3) is 0 Å². The minimum Gasteiger partial charge on any atom is -0.493 e. The maximum Gasteiger partial charge on any atom is 0.163 e. The number of ether oxygens (including phenoxy) is 2. The first-order valence-electron chi connectivity index (χ1n) is 7.42. The van der Waals surface area contributed by atoms with Crippen molar-refractivity contribution in [2.24, 2.45) is 0 Å². The fourth-order valence-electron chi connectivity index (χ4n) is 2.36. The number of nitrogens with one attached hydrogen (secondary N) is 1. The highest BCUT2D eigenvalue weighted by Gasteiger charge is 2.16. The SMILES string of the molecule is CCCCN(C)C(C)c1nc2cc(OC)c(OC)cc2[nH]1. The van der Waals surface area contributed by atoms with Gasteiger partial charge in [0.15, 0.2) is 11.5 Å². The van der Waals surface area contributed by atoms with Crippen LogP contribution in [-0.2, 0) is 0 Å². The normalized spacial score (nSPS) is 12.9. The number of fused-ring (bicyclic) bond motifs is 1. The van der Waals surface area contributed by atoms with Gasteiger partial charge in [-0.1, -0.05) is 13.3 Å². The zero-order valence-corrected chi connectivity index (χ0v) is 13.6. The van der Waals surface area contributed by atoms with Gasteiger partial charge in [0.2, 0.25) is 0 Å². The molecule has 0 fully saturated rings. The second-order valence-corrected chi connectivity index (χ2v) is 5.36. The molecule has 0 bridgehead atoms. The molecule has 1 heterocycles. The standard InChI is InChI=1S/C16H25N3O2/c1-6-7-8-19(3)11(2)16-17-12-9-14(20-4)15(21-5)10-13(12)18-16/h9-11H,6-8H2,1-5H3,(H,17,18). The van der Waals surface area contributed by atoms with E-state index >= 15 is 0 Å². The van der Waals surface area contributed by atoms with Gasteiger partial charge in [-0.3, -0.25) is 4.90 Å². The lowest BCUT2D eigenvalue weighted by molar-refractivity contribution is 0.250. The maximum absolute atomic E-state index is 5.33. The van der Waals surface area contributed by atoms with Crippen LogP contribution in [0.3, 0.4) is 0 Å². The maximum atomic E-state index is 5.33. The summed E-state index contributed by atoms with van der Waals surface area (Å²) >= 11 is 0. The first-order valence-corrected chi connectivity index (χ1v) is 7.42. The summed E-state index contributed by atoms with van der Waals surface area (Å²) in [7, 11) is 5.41. The Bertz CT molecular complexity index is 553. The van der Waals surface area contributed by atoms with Crippen LogP contribution in [0.1, 0.15) is 38.6 Å². The van der Waals surface area contributed by atoms with Gasteiger partial charge in [-0.25, -0.2) is 4.98 Å². The molecular formula is C16H25N3O2. The van der Waals surface area contributed by atoms with Crippen molar-refractivity contribution in [1.82, 2.24) is 14.9 Å². The summed E-state index contributed by atoms with van der Waals surface area (Å²) in [6.07, 6.45) is 2.40. The molecule has 0 spiro atoms. The van der Waals surface area contributed by atoms with Crippen molar-refractivity contribution >= 4 is 11.0 Å². The highest BCUT2D eigenvalue weighted by atomic mass is 16.5. The Hall–Kier alpha value is -1.75. The number of aromatic nitrogens is 2. The monoisotopic (exact) mass is 291 g/mol. The zero-order chi connectivity index (χ0) is 15.4. The van der Waals surface area contributed by atoms with Crippen molar-refractivity contribution in [2.75, 3.05) is 27.8 Å². The second kappa shape index (κ2) is 6.80. The Kier molecular flexibility index (Phi) is 5.07. The van der Waals surface area contributed by atoms with Crippen LogP contribution >= 0.6 is 0 Å². The van der Waals surface area contributed by atoms with E-state index in [9.17, 15) is 0 Å². The van der Waals surface area contributed by atoms with Crippen LogP contribution in [0, 0.1) is 0 Å². The number of aromatic amines is 1. The average molecular weight is 291 g/mol. The van der Waals surface area contributed by atoms with Crippen molar-refractivity contribution < 1.29 is 9.47 Å². The highest BCUT2D eigenvalue weighted by molar-refractivity contribution is 5.79. The van der Waals surface area contributed by atoms with E-state index in [0.29, 0.717) is 11.5 Å². The molecule has 1 N–H and O–H groups in total. The largest absolute Gasteiger partial charge is 0.493 e. The van der Waals surface area contributed by atoms with E-state index in [0.717, 1.165) is 23.4 Å². The number of unbranched alkanes of at least 4 members (excludes halogenated alkanes) is 1. The predicted molar refractivity (Wildman–Crippen MR) is 85.2 cm³/mol. The third-order valence-electron chi connectivity index (χ3n) is 3.93. The first-order chi connectivity index (χ1) is 10.1. The summed E-state index contributed by atoms with van der Waals surface area (Å²) in [5.41, 5.74) is 1.87. The molecule has 0 radical (unpaired) electrons. The number of benzene rings is 1. The summed E-state index contributed by atoms with van der Waals surface area (Å²) in [5.74, 6) is 2.39. The second-order valence-electron chi connectivity index (χ2n) is 5.36. The summed E-state index contributed by atoms with van der Waals surface area (Å²) < 4.78 is 10.7. The van der Waals surface area contributed by atoms with Crippen LogP contribution in [0.4, 0.5) is 0 Å².